The van der Waals surface area contributed by atoms with Gasteiger partial charge in [0.25, 0.3) is 5.91 Å². The Labute approximate surface area is 130 Å². The first-order chi connectivity index (χ1) is 9.47. The van der Waals surface area contributed by atoms with Crippen LogP contribution < -0.4 is 0 Å². The van der Waals surface area contributed by atoms with E-state index < -0.39 is 0 Å². The molecule has 0 radical (unpaired) electrons. The van der Waals surface area contributed by atoms with Crippen molar-refractivity contribution in [3.63, 3.8) is 0 Å². The number of nitrogens with zero attached hydrogens (tertiary/aromatic N) is 2. The molecule has 3 nitrogen and oxygen atoms in total. The first-order valence-corrected chi connectivity index (χ1v) is 8.04. The average Bonchev–Trinajstić information content (AvgIpc) is 2.41. The van der Waals surface area contributed by atoms with Crippen molar-refractivity contribution in [2.75, 3.05) is 32.7 Å². The molecule has 0 saturated carbocycles. The summed E-state index contributed by atoms with van der Waals surface area (Å²) in [6.45, 7) is 11.3. The van der Waals surface area contributed by atoms with E-state index in [2.05, 4.69) is 34.7 Å². The molecule has 0 unspecified atom stereocenters. The zero-order valence-corrected chi connectivity index (χ0v) is 14.1. The van der Waals surface area contributed by atoms with Crippen LogP contribution in [0.3, 0.4) is 0 Å². The summed E-state index contributed by atoms with van der Waals surface area (Å²) in [5.74, 6) is 0.844. The first-order valence-electron chi connectivity index (χ1n) is 7.25. The Bertz CT molecular complexity index is 479. The molecule has 0 atom stereocenters. The maximum absolute atomic E-state index is 12.5. The van der Waals surface area contributed by atoms with Gasteiger partial charge in [0.1, 0.15) is 0 Å². The zero-order chi connectivity index (χ0) is 14.7. The molecule has 1 aromatic carbocycles. The topological polar surface area (TPSA) is 23.6 Å². The van der Waals surface area contributed by atoms with Gasteiger partial charge in [-0.2, -0.15) is 0 Å². The number of aryl methyl sites for hydroxylation is 1. The zero-order valence-electron chi connectivity index (χ0n) is 12.5. The van der Waals surface area contributed by atoms with E-state index in [1.54, 1.807) is 0 Å². The van der Waals surface area contributed by atoms with Crippen molar-refractivity contribution in [3.8, 4) is 0 Å². The third-order valence-corrected chi connectivity index (χ3v) is 4.58. The highest BCUT2D eigenvalue weighted by Crippen LogP contribution is 2.18. The van der Waals surface area contributed by atoms with Crippen molar-refractivity contribution in [3.05, 3.63) is 33.8 Å². The normalized spacial score (nSPS) is 16.8. The van der Waals surface area contributed by atoms with E-state index in [0.29, 0.717) is 5.92 Å². The fourth-order valence-electron chi connectivity index (χ4n) is 2.61. The van der Waals surface area contributed by atoms with Gasteiger partial charge >= 0.3 is 0 Å². The van der Waals surface area contributed by atoms with Crippen LogP contribution >= 0.6 is 15.9 Å². The molecule has 0 bridgehead atoms. The lowest BCUT2D eigenvalue weighted by molar-refractivity contribution is 0.0623. The fraction of sp³-hybridized carbons (Fsp3) is 0.562. The Morgan fingerprint density at radius 3 is 2.45 bits per heavy atom. The quantitative estimate of drug-likeness (QED) is 0.845. The molecule has 1 saturated heterocycles. The molecule has 1 aliphatic rings. The molecule has 1 aromatic rings. The SMILES string of the molecule is Cc1cc(C(=O)N2CCN(CC(C)C)CC2)ccc1Br. The van der Waals surface area contributed by atoms with Crippen LogP contribution in [0.4, 0.5) is 0 Å². The molecule has 1 amide bonds. The van der Waals surface area contributed by atoms with Gasteiger partial charge in [0.2, 0.25) is 0 Å². The highest BCUT2D eigenvalue weighted by molar-refractivity contribution is 9.10. The van der Waals surface area contributed by atoms with Crippen LogP contribution in [0.5, 0.6) is 0 Å². The van der Waals surface area contributed by atoms with Gasteiger partial charge in [-0.25, -0.2) is 0 Å². The van der Waals surface area contributed by atoms with Crippen LogP contribution in [0, 0.1) is 12.8 Å². The first kappa shape index (κ1) is 15.5. The summed E-state index contributed by atoms with van der Waals surface area (Å²) >= 11 is 3.47. The second-order valence-corrected chi connectivity index (χ2v) is 6.80. The van der Waals surface area contributed by atoms with Gasteiger partial charge in [0.15, 0.2) is 0 Å². The van der Waals surface area contributed by atoms with Crippen LogP contribution in [0.1, 0.15) is 29.8 Å². The summed E-state index contributed by atoms with van der Waals surface area (Å²) < 4.78 is 1.05. The van der Waals surface area contributed by atoms with Crippen molar-refractivity contribution in [1.29, 1.82) is 0 Å². The molecule has 110 valence electrons. The number of hydrogen-bond acceptors (Lipinski definition) is 2. The van der Waals surface area contributed by atoms with E-state index in [0.717, 1.165) is 48.3 Å². The van der Waals surface area contributed by atoms with Crippen LogP contribution in [0.25, 0.3) is 0 Å². The number of benzene rings is 1. The van der Waals surface area contributed by atoms with E-state index in [9.17, 15) is 4.79 Å². The summed E-state index contributed by atoms with van der Waals surface area (Å²) in [6.07, 6.45) is 0. The van der Waals surface area contributed by atoms with Gasteiger partial charge < -0.3 is 4.90 Å². The summed E-state index contributed by atoms with van der Waals surface area (Å²) in [5, 5.41) is 0. The van der Waals surface area contributed by atoms with Gasteiger partial charge in [-0.15, -0.1) is 0 Å². The van der Waals surface area contributed by atoms with Crippen LogP contribution in [-0.4, -0.2) is 48.4 Å². The lowest BCUT2D eigenvalue weighted by Gasteiger charge is -2.35. The number of carbonyl (C=O) groups is 1. The van der Waals surface area contributed by atoms with Crippen molar-refractivity contribution in [1.82, 2.24) is 9.80 Å². The molecule has 0 aliphatic carbocycles. The molecule has 1 fully saturated rings. The summed E-state index contributed by atoms with van der Waals surface area (Å²) in [7, 11) is 0. The number of halogens is 1. The molecule has 0 aromatic heterocycles. The second kappa shape index (κ2) is 6.72. The molecule has 20 heavy (non-hydrogen) atoms. The molecular weight excluding hydrogens is 316 g/mol. The molecule has 0 spiro atoms. The molecule has 1 heterocycles. The Hall–Kier alpha value is -0.870. The Balaban J connectivity index is 1.96. The van der Waals surface area contributed by atoms with Gasteiger partial charge in [-0.05, 0) is 36.6 Å². The van der Waals surface area contributed by atoms with Crippen LogP contribution in [0.2, 0.25) is 0 Å². The van der Waals surface area contributed by atoms with Gasteiger partial charge in [0.05, 0.1) is 0 Å². The van der Waals surface area contributed by atoms with Crippen LogP contribution in [0.15, 0.2) is 22.7 Å². The van der Waals surface area contributed by atoms with Crippen molar-refractivity contribution < 1.29 is 4.79 Å². The maximum atomic E-state index is 12.5. The maximum Gasteiger partial charge on any atom is 0.253 e. The largest absolute Gasteiger partial charge is 0.336 e. The smallest absolute Gasteiger partial charge is 0.253 e. The predicted molar refractivity (Wildman–Crippen MR) is 86.1 cm³/mol. The second-order valence-electron chi connectivity index (χ2n) is 5.95. The van der Waals surface area contributed by atoms with Crippen molar-refractivity contribution >= 4 is 21.8 Å². The average molecular weight is 339 g/mol. The number of amides is 1. The van der Waals surface area contributed by atoms with Gasteiger partial charge in [-0.1, -0.05) is 29.8 Å². The number of hydrogen-bond donors (Lipinski definition) is 0. The van der Waals surface area contributed by atoms with E-state index in [4.69, 9.17) is 0 Å². The number of piperazine rings is 1. The highest BCUT2D eigenvalue weighted by atomic mass is 79.9. The minimum Gasteiger partial charge on any atom is -0.336 e. The monoisotopic (exact) mass is 338 g/mol. The van der Waals surface area contributed by atoms with Crippen molar-refractivity contribution in [2.24, 2.45) is 5.92 Å². The lowest BCUT2D eigenvalue weighted by atomic mass is 10.1. The third-order valence-electron chi connectivity index (χ3n) is 3.69. The van der Waals surface area contributed by atoms with E-state index in [1.165, 1.54) is 0 Å². The Morgan fingerprint density at radius 1 is 1.25 bits per heavy atom. The van der Waals surface area contributed by atoms with Gasteiger partial charge in [0, 0.05) is 42.8 Å². The van der Waals surface area contributed by atoms with Crippen LogP contribution in [-0.2, 0) is 0 Å². The minimum absolute atomic E-state index is 0.157. The standard InChI is InChI=1S/C16H23BrN2O/c1-12(2)11-18-6-8-19(9-7-18)16(20)14-4-5-15(17)13(3)10-14/h4-5,10,12H,6-9,11H2,1-3H3. The highest BCUT2D eigenvalue weighted by Gasteiger charge is 2.22. The molecule has 1 aliphatic heterocycles. The van der Waals surface area contributed by atoms with E-state index in [1.807, 2.05) is 30.0 Å². The van der Waals surface area contributed by atoms with E-state index in [-0.39, 0.29) is 5.91 Å². The lowest BCUT2D eigenvalue weighted by Crippen LogP contribution is -2.49. The Kier molecular flexibility index (Phi) is 5.22. The fourth-order valence-corrected chi connectivity index (χ4v) is 2.86. The molecule has 0 N–H and O–H groups in total. The minimum atomic E-state index is 0.157. The molecular formula is C16H23BrN2O. The third kappa shape index (κ3) is 3.83. The summed E-state index contributed by atoms with van der Waals surface area (Å²) in [5.41, 5.74) is 1.90. The Morgan fingerprint density at radius 2 is 1.90 bits per heavy atom. The van der Waals surface area contributed by atoms with Gasteiger partial charge in [-0.3, -0.25) is 9.69 Å². The van der Waals surface area contributed by atoms with E-state index >= 15 is 0 Å². The molecule has 2 rings (SSSR count). The summed E-state index contributed by atoms with van der Waals surface area (Å²) in [6, 6.07) is 5.82. The van der Waals surface area contributed by atoms with Crippen molar-refractivity contribution in [2.45, 2.75) is 20.8 Å². The molecule has 4 heteroatoms. The number of rotatable bonds is 3. The predicted octanol–water partition coefficient (Wildman–Crippen LogP) is 3.17. The summed E-state index contributed by atoms with van der Waals surface area (Å²) in [4.78, 5) is 16.9. The number of carbonyl (C=O) groups excluding carboxylic acids is 1.